The summed E-state index contributed by atoms with van der Waals surface area (Å²) < 4.78 is 5.81. The molecule has 0 aromatic heterocycles. The maximum absolute atomic E-state index is 12.8. The number of unbranched alkanes of at least 4 members (excludes halogenated alkanes) is 3. The van der Waals surface area contributed by atoms with Gasteiger partial charge in [-0.25, -0.2) is 0 Å². The van der Waals surface area contributed by atoms with E-state index >= 15 is 0 Å². The molecule has 0 aliphatic heterocycles. The lowest BCUT2D eigenvalue weighted by atomic mass is 9.86. The first-order valence-electron chi connectivity index (χ1n) is 10.00. The molecule has 2 aromatic carbocycles. The Kier molecular flexibility index (Phi) is 6.13. The summed E-state index contributed by atoms with van der Waals surface area (Å²) in [4.78, 5) is 12.8. The summed E-state index contributed by atoms with van der Waals surface area (Å²) in [6, 6.07) is 20.8. The van der Waals surface area contributed by atoms with E-state index in [1.807, 2.05) is 19.1 Å². The van der Waals surface area contributed by atoms with Crippen molar-refractivity contribution in [3.63, 3.8) is 0 Å². The van der Waals surface area contributed by atoms with E-state index in [1.54, 1.807) is 0 Å². The third kappa shape index (κ3) is 4.00. The fourth-order valence-electron chi connectivity index (χ4n) is 4.02. The van der Waals surface area contributed by atoms with Gasteiger partial charge in [0.25, 0.3) is 0 Å². The first kappa shape index (κ1) is 18.7. The van der Waals surface area contributed by atoms with Gasteiger partial charge >= 0.3 is 5.97 Å². The molecule has 3 rings (SSSR count). The lowest BCUT2D eigenvalue weighted by Crippen LogP contribution is -2.22. The van der Waals surface area contributed by atoms with E-state index in [0.29, 0.717) is 0 Å². The molecule has 1 saturated carbocycles. The molecule has 1 fully saturated rings. The third-order valence-electron chi connectivity index (χ3n) is 5.60. The molecule has 1 aliphatic rings. The largest absolute Gasteiger partial charge is 0.462 e. The Bertz CT molecular complexity index is 653. The Morgan fingerprint density at radius 1 is 1.00 bits per heavy atom. The molecule has 2 heteroatoms. The van der Waals surface area contributed by atoms with E-state index in [-0.39, 0.29) is 23.4 Å². The van der Waals surface area contributed by atoms with Crippen LogP contribution in [0.5, 0.6) is 0 Å². The number of hydrogen-bond donors (Lipinski definition) is 0. The maximum atomic E-state index is 12.8. The van der Waals surface area contributed by atoms with Gasteiger partial charge in [0.15, 0.2) is 0 Å². The number of carbonyl (C=O) groups is 1. The Hall–Kier alpha value is -2.09. The first-order chi connectivity index (χ1) is 12.7. The minimum atomic E-state index is -0.221. The standard InChI is InChI=1S/C24H30O2/c1-3-4-5-8-13-19(2)26-23(25)22-18-24(22,20-14-9-6-10-15-20)21-16-11-7-12-17-21/h6-7,9-12,14-17,19,22H,3-5,8,13,18H2,1-2H3/t19-,22+/m1/s1. The van der Waals surface area contributed by atoms with Crippen LogP contribution in [0.1, 0.15) is 63.5 Å². The SMILES string of the molecule is CCCCCC[C@@H](C)OC(=O)[C@@H]1CC1(c1ccccc1)c1ccccc1. The summed E-state index contributed by atoms with van der Waals surface area (Å²) in [6.45, 7) is 4.24. The van der Waals surface area contributed by atoms with Gasteiger partial charge in [-0.3, -0.25) is 4.79 Å². The summed E-state index contributed by atoms with van der Waals surface area (Å²) in [5, 5.41) is 0. The van der Waals surface area contributed by atoms with Crippen molar-refractivity contribution >= 4 is 5.97 Å². The quantitative estimate of drug-likeness (QED) is 0.416. The number of hydrogen-bond acceptors (Lipinski definition) is 2. The Morgan fingerprint density at radius 2 is 1.58 bits per heavy atom. The molecule has 1 aliphatic carbocycles. The molecular formula is C24H30O2. The van der Waals surface area contributed by atoms with Crippen LogP contribution < -0.4 is 0 Å². The van der Waals surface area contributed by atoms with Crippen LogP contribution in [0.15, 0.2) is 60.7 Å². The summed E-state index contributed by atoms with van der Waals surface area (Å²) in [5.74, 6) is -0.119. The molecule has 26 heavy (non-hydrogen) atoms. The molecule has 0 radical (unpaired) electrons. The molecule has 2 aromatic rings. The van der Waals surface area contributed by atoms with Gasteiger partial charge in [-0.2, -0.15) is 0 Å². The van der Waals surface area contributed by atoms with Crippen LogP contribution in [0.25, 0.3) is 0 Å². The fourth-order valence-corrected chi connectivity index (χ4v) is 4.02. The van der Waals surface area contributed by atoms with Crippen LogP contribution in [0.4, 0.5) is 0 Å². The minimum Gasteiger partial charge on any atom is -0.462 e. The van der Waals surface area contributed by atoms with Crippen molar-refractivity contribution in [1.82, 2.24) is 0 Å². The van der Waals surface area contributed by atoms with Crippen molar-refractivity contribution in [2.75, 3.05) is 0 Å². The monoisotopic (exact) mass is 350 g/mol. The molecule has 2 atom stereocenters. The van der Waals surface area contributed by atoms with Gasteiger partial charge in [0.1, 0.15) is 0 Å². The topological polar surface area (TPSA) is 26.3 Å². The second-order valence-corrected chi connectivity index (χ2v) is 7.56. The zero-order valence-corrected chi connectivity index (χ0v) is 16.0. The summed E-state index contributed by atoms with van der Waals surface area (Å²) >= 11 is 0. The summed E-state index contributed by atoms with van der Waals surface area (Å²) in [5.41, 5.74) is 2.20. The highest BCUT2D eigenvalue weighted by Crippen LogP contribution is 2.59. The van der Waals surface area contributed by atoms with E-state index in [2.05, 4.69) is 55.5 Å². The maximum Gasteiger partial charge on any atom is 0.310 e. The number of esters is 1. The molecule has 2 nitrogen and oxygen atoms in total. The predicted octanol–water partition coefficient (Wildman–Crippen LogP) is 5.89. The van der Waals surface area contributed by atoms with Gasteiger partial charge in [-0.1, -0.05) is 86.8 Å². The normalized spacial score (nSPS) is 18.9. The second-order valence-electron chi connectivity index (χ2n) is 7.56. The molecule has 0 N–H and O–H groups in total. The highest BCUT2D eigenvalue weighted by molar-refractivity contribution is 5.81. The van der Waals surface area contributed by atoms with E-state index in [9.17, 15) is 4.79 Å². The van der Waals surface area contributed by atoms with Crippen LogP contribution >= 0.6 is 0 Å². The molecule has 0 bridgehead atoms. The predicted molar refractivity (Wildman–Crippen MR) is 106 cm³/mol. The van der Waals surface area contributed by atoms with Crippen LogP contribution in [-0.2, 0) is 14.9 Å². The van der Waals surface area contributed by atoms with Crippen molar-refractivity contribution in [3.05, 3.63) is 71.8 Å². The fraction of sp³-hybridized carbons (Fsp3) is 0.458. The lowest BCUT2D eigenvalue weighted by molar-refractivity contribution is -0.150. The van der Waals surface area contributed by atoms with Crippen LogP contribution in [0.2, 0.25) is 0 Å². The van der Waals surface area contributed by atoms with Gasteiger partial charge in [-0.15, -0.1) is 0 Å². The molecule has 0 spiro atoms. The minimum absolute atomic E-state index is 0.00389. The number of benzene rings is 2. The molecule has 0 heterocycles. The van der Waals surface area contributed by atoms with Crippen molar-refractivity contribution < 1.29 is 9.53 Å². The lowest BCUT2D eigenvalue weighted by Gasteiger charge is -2.20. The highest BCUT2D eigenvalue weighted by atomic mass is 16.5. The van der Waals surface area contributed by atoms with E-state index in [0.717, 1.165) is 19.3 Å². The van der Waals surface area contributed by atoms with Crippen molar-refractivity contribution in [1.29, 1.82) is 0 Å². The zero-order chi connectivity index (χ0) is 18.4. The van der Waals surface area contributed by atoms with Crippen LogP contribution in [0, 0.1) is 5.92 Å². The average Bonchev–Trinajstić information content (AvgIpc) is 3.44. The number of carbonyl (C=O) groups excluding carboxylic acids is 1. The molecule has 0 amide bonds. The molecule has 138 valence electrons. The van der Waals surface area contributed by atoms with Gasteiger partial charge in [0.2, 0.25) is 0 Å². The highest BCUT2D eigenvalue weighted by Gasteiger charge is 2.61. The van der Waals surface area contributed by atoms with Crippen molar-refractivity contribution in [2.45, 2.75) is 63.9 Å². The van der Waals surface area contributed by atoms with Gasteiger partial charge in [0.05, 0.1) is 12.0 Å². The number of ether oxygens (including phenoxy) is 1. The molecular weight excluding hydrogens is 320 g/mol. The average molecular weight is 351 g/mol. The number of rotatable bonds is 9. The van der Waals surface area contributed by atoms with Crippen molar-refractivity contribution in [2.24, 2.45) is 5.92 Å². The van der Waals surface area contributed by atoms with E-state index < -0.39 is 0 Å². The van der Waals surface area contributed by atoms with Crippen LogP contribution in [-0.4, -0.2) is 12.1 Å². The van der Waals surface area contributed by atoms with Crippen molar-refractivity contribution in [3.8, 4) is 0 Å². The smallest absolute Gasteiger partial charge is 0.310 e. The summed E-state index contributed by atoms with van der Waals surface area (Å²) in [6.07, 6.45) is 6.64. The van der Waals surface area contributed by atoms with E-state index in [1.165, 1.54) is 30.4 Å². The Balaban J connectivity index is 1.69. The summed E-state index contributed by atoms with van der Waals surface area (Å²) in [7, 11) is 0. The van der Waals surface area contributed by atoms with Gasteiger partial charge < -0.3 is 4.74 Å². The first-order valence-corrected chi connectivity index (χ1v) is 10.00. The Morgan fingerprint density at radius 3 is 2.12 bits per heavy atom. The van der Waals surface area contributed by atoms with Crippen LogP contribution in [0.3, 0.4) is 0 Å². The zero-order valence-electron chi connectivity index (χ0n) is 16.0. The third-order valence-corrected chi connectivity index (χ3v) is 5.60. The van der Waals surface area contributed by atoms with Gasteiger partial charge in [-0.05, 0) is 37.3 Å². The Labute approximate surface area is 157 Å². The van der Waals surface area contributed by atoms with Gasteiger partial charge in [0, 0.05) is 5.41 Å². The second kappa shape index (κ2) is 8.53. The van der Waals surface area contributed by atoms with E-state index in [4.69, 9.17) is 4.74 Å². The molecule has 0 saturated heterocycles. The molecule has 0 unspecified atom stereocenters.